The maximum atomic E-state index is 12.2. The normalized spacial score (nSPS) is 12.7. The largest absolute Gasteiger partial charge is 0.448 e. The zero-order valence-electron chi connectivity index (χ0n) is 14.8. The highest BCUT2D eigenvalue weighted by Crippen LogP contribution is 2.22. The van der Waals surface area contributed by atoms with E-state index < -0.39 is 23.7 Å². The molecular weight excluding hydrogens is 344 g/mol. The van der Waals surface area contributed by atoms with Gasteiger partial charge in [0.05, 0.1) is 0 Å². The van der Waals surface area contributed by atoms with Gasteiger partial charge in [-0.1, -0.05) is 29.8 Å². The van der Waals surface area contributed by atoms with Crippen molar-refractivity contribution in [2.75, 3.05) is 6.07 Å². The van der Waals surface area contributed by atoms with Gasteiger partial charge >= 0.3 is 12.1 Å². The molecule has 2 rings (SSSR count). The average Bonchev–Trinajstić information content (AvgIpc) is 2.82. The van der Waals surface area contributed by atoms with Crippen molar-refractivity contribution in [3.8, 4) is 0 Å². The molecule has 0 radical (unpaired) electrons. The molecule has 0 aliphatic carbocycles. The van der Waals surface area contributed by atoms with Crippen molar-refractivity contribution in [1.82, 2.24) is 9.88 Å². The number of hydrogen-bond donors (Lipinski definition) is 1. The van der Waals surface area contributed by atoms with Gasteiger partial charge < -0.3 is 19.4 Å². The molecule has 7 heteroatoms. The number of amides is 1. The second kappa shape index (κ2) is 7.78. The fourth-order valence-corrected chi connectivity index (χ4v) is 2.71. The quantitative estimate of drug-likeness (QED) is 0.650. The molecule has 6 nitrogen and oxygen atoms in total. The van der Waals surface area contributed by atoms with Crippen LogP contribution in [0.4, 0.5) is 4.79 Å². The molecule has 0 saturated heterocycles. The van der Waals surface area contributed by atoms with Crippen LogP contribution in [0, 0.1) is 0 Å². The monoisotopic (exact) mass is 366 g/mol. The number of esters is 1. The lowest BCUT2D eigenvalue weighted by Crippen LogP contribution is -2.45. The van der Waals surface area contributed by atoms with Crippen molar-refractivity contribution in [2.24, 2.45) is 7.05 Å². The highest BCUT2D eigenvalue weighted by molar-refractivity contribution is 6.17. The van der Waals surface area contributed by atoms with Crippen LogP contribution in [-0.2, 0) is 27.7 Å². The van der Waals surface area contributed by atoms with Gasteiger partial charge in [-0.2, -0.15) is 0 Å². The fourth-order valence-electron chi connectivity index (χ4n) is 2.61. The summed E-state index contributed by atoms with van der Waals surface area (Å²) in [5, 5.41) is 3.59. The first-order chi connectivity index (χ1) is 11.7. The van der Waals surface area contributed by atoms with Crippen LogP contribution in [0.5, 0.6) is 0 Å². The van der Waals surface area contributed by atoms with Crippen molar-refractivity contribution in [3.05, 3.63) is 36.0 Å². The molecule has 1 atom stereocenters. The van der Waals surface area contributed by atoms with E-state index in [2.05, 4.69) is 5.32 Å². The van der Waals surface area contributed by atoms with E-state index in [0.29, 0.717) is 0 Å². The third-order valence-corrected chi connectivity index (χ3v) is 3.68. The topological polar surface area (TPSA) is 69.6 Å². The summed E-state index contributed by atoms with van der Waals surface area (Å²) >= 11 is 5.49. The van der Waals surface area contributed by atoms with Gasteiger partial charge in [-0.05, 0) is 32.4 Å². The van der Waals surface area contributed by atoms with Crippen LogP contribution in [0.1, 0.15) is 26.3 Å². The molecule has 0 spiro atoms. The summed E-state index contributed by atoms with van der Waals surface area (Å²) in [6.07, 6.45) is 1.53. The second-order valence-electron chi connectivity index (χ2n) is 6.76. The van der Waals surface area contributed by atoms with Crippen LogP contribution >= 0.6 is 11.6 Å². The van der Waals surface area contributed by atoms with E-state index in [1.807, 2.05) is 42.1 Å². The molecule has 0 unspecified atom stereocenters. The number of carbonyl (C=O) groups excluding carboxylic acids is 2. The number of benzene rings is 1. The Kier molecular flexibility index (Phi) is 5.95. The molecule has 0 bridgehead atoms. The van der Waals surface area contributed by atoms with Gasteiger partial charge in [-0.25, -0.2) is 9.59 Å². The number of aromatic nitrogens is 1. The predicted octanol–water partition coefficient (Wildman–Crippen LogP) is 3.35. The Balaban J connectivity index is 2.23. The third-order valence-electron chi connectivity index (χ3n) is 3.58. The Hall–Kier alpha value is -2.21. The second-order valence-corrected chi connectivity index (χ2v) is 6.98. The molecule has 2 aromatic rings. The minimum Gasteiger partial charge on any atom is -0.448 e. The Morgan fingerprint density at radius 1 is 1.28 bits per heavy atom. The third kappa shape index (κ3) is 5.13. The summed E-state index contributed by atoms with van der Waals surface area (Å²) in [5.41, 5.74) is 1.30. The number of nitrogens with zero attached hydrogens (tertiary/aromatic N) is 1. The molecule has 0 aliphatic heterocycles. The fraction of sp³-hybridized carbons (Fsp3) is 0.444. The van der Waals surface area contributed by atoms with Gasteiger partial charge in [0.1, 0.15) is 11.6 Å². The zero-order valence-corrected chi connectivity index (χ0v) is 15.6. The first kappa shape index (κ1) is 19.1. The maximum Gasteiger partial charge on any atom is 0.408 e. The Morgan fingerprint density at radius 3 is 2.60 bits per heavy atom. The number of hydrogen-bond acceptors (Lipinski definition) is 4. The number of rotatable bonds is 5. The maximum absolute atomic E-state index is 12.2. The van der Waals surface area contributed by atoms with Gasteiger partial charge in [-0.15, -0.1) is 0 Å². The van der Waals surface area contributed by atoms with E-state index in [1.165, 1.54) is 0 Å². The number of aryl methyl sites for hydroxylation is 1. The number of halogens is 1. The molecule has 0 saturated carbocycles. The van der Waals surface area contributed by atoms with Crippen molar-refractivity contribution >= 4 is 34.6 Å². The number of para-hydroxylation sites is 1. The van der Waals surface area contributed by atoms with Crippen molar-refractivity contribution in [2.45, 2.75) is 38.8 Å². The summed E-state index contributed by atoms with van der Waals surface area (Å²) in [6.45, 7) is 5.26. The van der Waals surface area contributed by atoms with Crippen molar-refractivity contribution in [3.63, 3.8) is 0 Å². The number of alkyl halides is 1. The number of carbonyl (C=O) groups is 2. The number of nitrogens with one attached hydrogen (secondary N) is 1. The Labute approximate surface area is 152 Å². The van der Waals surface area contributed by atoms with Crippen LogP contribution in [-0.4, -0.2) is 34.3 Å². The molecule has 1 N–H and O–H groups in total. The number of fused-ring (bicyclic) bond motifs is 1. The number of alkyl carbamates (subject to hydrolysis) is 1. The average molecular weight is 367 g/mol. The summed E-state index contributed by atoms with van der Waals surface area (Å²) in [5.74, 6) is -0.603. The van der Waals surface area contributed by atoms with E-state index in [0.717, 1.165) is 16.5 Å². The van der Waals surface area contributed by atoms with E-state index in [-0.39, 0.29) is 12.5 Å². The highest BCUT2D eigenvalue weighted by atomic mass is 35.5. The van der Waals surface area contributed by atoms with Gasteiger partial charge in [0.2, 0.25) is 0 Å². The van der Waals surface area contributed by atoms with E-state index in [4.69, 9.17) is 21.1 Å². The number of ether oxygens (including phenoxy) is 2. The molecular formula is C18H23ClN2O4. The lowest BCUT2D eigenvalue weighted by atomic mass is 10.1. The molecule has 1 aromatic carbocycles. The van der Waals surface area contributed by atoms with Gasteiger partial charge in [0.25, 0.3) is 0 Å². The molecule has 136 valence electrons. The van der Waals surface area contributed by atoms with Crippen molar-refractivity contribution in [1.29, 1.82) is 0 Å². The summed E-state index contributed by atoms with van der Waals surface area (Å²) in [4.78, 5) is 24.3. The summed E-state index contributed by atoms with van der Waals surface area (Å²) < 4.78 is 12.1. The zero-order chi connectivity index (χ0) is 18.6. The van der Waals surface area contributed by atoms with Crippen LogP contribution in [0.15, 0.2) is 30.5 Å². The lowest BCUT2D eigenvalue weighted by molar-refractivity contribution is -0.144. The van der Waals surface area contributed by atoms with E-state index >= 15 is 0 Å². The molecule has 0 aliphatic rings. The van der Waals surface area contributed by atoms with E-state index in [1.54, 1.807) is 20.8 Å². The predicted molar refractivity (Wildman–Crippen MR) is 96.6 cm³/mol. The van der Waals surface area contributed by atoms with Crippen LogP contribution in [0.3, 0.4) is 0 Å². The molecule has 25 heavy (non-hydrogen) atoms. The highest BCUT2D eigenvalue weighted by Gasteiger charge is 2.26. The smallest absolute Gasteiger partial charge is 0.408 e. The first-order valence-corrected chi connectivity index (χ1v) is 8.50. The van der Waals surface area contributed by atoms with Gasteiger partial charge in [-0.3, -0.25) is 0 Å². The van der Waals surface area contributed by atoms with Gasteiger partial charge in [0.15, 0.2) is 6.07 Å². The standard InChI is InChI=1S/C18H23ClN2O4/c1-18(2,3)25-17(23)20-14(16(22)24-11-19)9-12-10-21(4)15-8-6-5-7-13(12)15/h5-8,10,14H,9,11H2,1-4H3,(H,20,23)/t14-/m0/s1. The SMILES string of the molecule is Cn1cc(C[C@H](NC(=O)OC(C)(C)C)C(=O)OCCl)c2ccccc21. The molecule has 1 amide bonds. The summed E-state index contributed by atoms with van der Waals surface area (Å²) in [6, 6.07) is 6.68. The Morgan fingerprint density at radius 2 is 1.96 bits per heavy atom. The minimum atomic E-state index is -0.889. The molecule has 1 heterocycles. The molecule has 1 aromatic heterocycles. The first-order valence-electron chi connectivity index (χ1n) is 7.96. The van der Waals surface area contributed by atoms with Crippen molar-refractivity contribution < 1.29 is 19.1 Å². The Bertz CT molecular complexity index is 764. The van der Waals surface area contributed by atoms with Crippen LogP contribution in [0.25, 0.3) is 10.9 Å². The van der Waals surface area contributed by atoms with E-state index in [9.17, 15) is 9.59 Å². The lowest BCUT2D eigenvalue weighted by Gasteiger charge is -2.22. The summed E-state index contributed by atoms with van der Waals surface area (Å²) in [7, 11) is 1.93. The van der Waals surface area contributed by atoms with Crippen LogP contribution < -0.4 is 5.32 Å². The minimum absolute atomic E-state index is 0.274. The molecule has 0 fully saturated rings. The van der Waals surface area contributed by atoms with Gasteiger partial charge in [0, 0.05) is 30.6 Å². The van der Waals surface area contributed by atoms with Crippen LogP contribution in [0.2, 0.25) is 0 Å².